The first-order chi connectivity index (χ1) is 38.4. The van der Waals surface area contributed by atoms with Gasteiger partial charge < -0.3 is 52.6 Å². The Labute approximate surface area is 474 Å². The summed E-state index contributed by atoms with van der Waals surface area (Å²) in [6.45, 7) is 12.5. The van der Waals surface area contributed by atoms with E-state index in [1.807, 2.05) is 19.9 Å². The second-order valence-electron chi connectivity index (χ2n) is 20.1. The number of aromatic nitrogens is 4. The fraction of sp³-hybridized carbons (Fsp3) is 0.500. The number of likely N-dealkylation sites (N-methyl/N-ethyl adjacent to an activating group) is 1. The molecule has 1 saturated heterocycles. The predicted molar refractivity (Wildman–Crippen MR) is 300 cm³/mol. The zero-order valence-corrected chi connectivity index (χ0v) is 47.5. The quantitative estimate of drug-likeness (QED) is 0.0634. The topological polar surface area (TPSA) is 178 Å². The van der Waals surface area contributed by atoms with Gasteiger partial charge in [-0.3, -0.25) is 4.90 Å². The maximum Gasteiger partial charge on any atom is 0.345 e. The summed E-state index contributed by atoms with van der Waals surface area (Å²) in [7, 11) is 3.75. The number of carbonyl (C=O) groups is 1. The monoisotopic (exact) mass is 1150 g/mol. The Morgan fingerprint density at radius 3 is 2.24 bits per heavy atom. The fourth-order valence-electron chi connectivity index (χ4n) is 10.3. The van der Waals surface area contributed by atoms with Crippen LogP contribution in [0.5, 0.6) is 23.1 Å². The zero-order chi connectivity index (χ0) is 55.3. The highest BCUT2D eigenvalue weighted by molar-refractivity contribution is 7.22. The van der Waals surface area contributed by atoms with Crippen molar-refractivity contribution in [1.29, 1.82) is 0 Å². The molecule has 3 aromatic heterocycles. The second-order valence-corrected chi connectivity index (χ2v) is 21.8. The van der Waals surface area contributed by atoms with Crippen molar-refractivity contribution in [1.82, 2.24) is 29.7 Å². The van der Waals surface area contributed by atoms with Crippen LogP contribution in [-0.4, -0.2) is 166 Å². The minimum absolute atomic E-state index is 0.0283. The standard InChI is InChI=1S/C58H69Cl2FN6O11S/c1-36-48-37(2)52(60)53(51(36)59)77-44(31-67-19-17-66(3)18-20-67)34-75-43-13-14-46(40(29-43)30-47(58(68)69)78-56-50-49(48)54(79-57(50)64-35-63-56)38-9-11-41(61)12-10-38)76-33-42-15-16-62-55(65-42)45-8-6-5-7-39(45)32-74-28-27-73-26-25-72-24-23-71-22-21-70-4/h9-16,29,35,39,44-45,47H,5-8,17-28,30-34H2,1-4H3,(H,68,69)/t39?,44-,45?,47-/m1/s1. The van der Waals surface area contributed by atoms with Gasteiger partial charge in [-0.25, -0.2) is 29.1 Å². The Kier molecular flexibility index (Phi) is 21.0. The molecule has 1 aliphatic carbocycles. The number of thiophene rings is 1. The van der Waals surface area contributed by atoms with E-state index in [1.165, 1.54) is 29.8 Å². The van der Waals surface area contributed by atoms with Gasteiger partial charge in [-0.05, 0) is 98.3 Å². The molecule has 424 valence electrons. The second kappa shape index (κ2) is 28.4. The van der Waals surface area contributed by atoms with E-state index in [4.69, 9.17) is 75.8 Å². The summed E-state index contributed by atoms with van der Waals surface area (Å²) in [5.41, 5.74) is 4.44. The number of carboxylic acid groups (broad SMARTS) is 1. The van der Waals surface area contributed by atoms with Crippen LogP contribution in [0.25, 0.3) is 31.8 Å². The van der Waals surface area contributed by atoms with Crippen molar-refractivity contribution in [3.05, 3.63) is 105 Å². The van der Waals surface area contributed by atoms with Crippen LogP contribution in [0.3, 0.4) is 0 Å². The third kappa shape index (κ3) is 15.0. The summed E-state index contributed by atoms with van der Waals surface area (Å²) in [5, 5.41) is 12.0. The number of hydrogen-bond donors (Lipinski definition) is 1. The highest BCUT2D eigenvalue weighted by atomic mass is 35.5. The average Bonchev–Trinajstić information content (AvgIpc) is 4.11. The van der Waals surface area contributed by atoms with E-state index >= 15 is 0 Å². The first-order valence-corrected chi connectivity index (χ1v) is 28.5. The lowest BCUT2D eigenvalue weighted by atomic mass is 9.79. The van der Waals surface area contributed by atoms with E-state index in [9.17, 15) is 14.3 Å². The minimum atomic E-state index is -1.47. The van der Waals surface area contributed by atoms with Crippen molar-refractivity contribution >= 4 is 50.7 Å². The molecule has 21 heteroatoms. The fourth-order valence-corrected chi connectivity index (χ4v) is 12.0. The maximum absolute atomic E-state index is 14.5. The van der Waals surface area contributed by atoms with Crippen LogP contribution < -0.4 is 18.9 Å². The summed E-state index contributed by atoms with van der Waals surface area (Å²) in [6.07, 6.45) is 5.05. The number of methoxy groups -OCH3 is 1. The molecule has 3 aliphatic heterocycles. The Balaban J connectivity index is 0.978. The Morgan fingerprint density at radius 1 is 0.835 bits per heavy atom. The maximum atomic E-state index is 14.5. The van der Waals surface area contributed by atoms with Gasteiger partial charge >= 0.3 is 5.97 Å². The highest BCUT2D eigenvalue weighted by Gasteiger charge is 2.33. The molecule has 4 bridgehead atoms. The van der Waals surface area contributed by atoms with Crippen molar-refractivity contribution in [3.8, 4) is 44.7 Å². The zero-order valence-electron chi connectivity index (χ0n) is 45.2. The van der Waals surface area contributed by atoms with Crippen molar-refractivity contribution in [2.24, 2.45) is 5.92 Å². The van der Waals surface area contributed by atoms with E-state index in [-0.39, 0.29) is 37.4 Å². The van der Waals surface area contributed by atoms with Gasteiger partial charge in [0.1, 0.15) is 53.6 Å². The average molecular weight is 1150 g/mol. The normalized spacial score (nSPS) is 19.2. The van der Waals surface area contributed by atoms with E-state index in [2.05, 4.69) is 26.8 Å². The number of carboxylic acids is 1. The molecule has 0 radical (unpaired) electrons. The molecule has 79 heavy (non-hydrogen) atoms. The lowest BCUT2D eigenvalue weighted by Gasteiger charge is -2.35. The van der Waals surface area contributed by atoms with Gasteiger partial charge in [0.15, 0.2) is 5.75 Å². The molecule has 0 amide bonds. The third-order valence-corrected chi connectivity index (χ3v) is 16.6. The smallest absolute Gasteiger partial charge is 0.345 e. The van der Waals surface area contributed by atoms with Crippen molar-refractivity contribution in [2.75, 3.05) is 113 Å². The van der Waals surface area contributed by atoms with E-state index < -0.39 is 24.0 Å². The lowest BCUT2D eigenvalue weighted by molar-refractivity contribution is -0.145. The molecule has 1 N–H and O–H groups in total. The van der Waals surface area contributed by atoms with Crippen molar-refractivity contribution in [3.63, 3.8) is 0 Å². The summed E-state index contributed by atoms with van der Waals surface area (Å²) in [6, 6.07) is 13.3. The molecule has 4 aliphatic rings. The third-order valence-electron chi connectivity index (χ3n) is 14.6. The van der Waals surface area contributed by atoms with Crippen LogP contribution in [-0.2, 0) is 41.5 Å². The summed E-state index contributed by atoms with van der Waals surface area (Å²) < 4.78 is 68.9. The number of ether oxygens (including phenoxy) is 9. The van der Waals surface area contributed by atoms with Crippen LogP contribution >= 0.6 is 34.5 Å². The van der Waals surface area contributed by atoms with Gasteiger partial charge in [0.05, 0.1) is 80.6 Å². The van der Waals surface area contributed by atoms with Gasteiger partial charge in [-0.15, -0.1) is 11.3 Å². The number of hydrogen-bond acceptors (Lipinski definition) is 17. The number of piperazine rings is 1. The first kappa shape index (κ1) is 58.3. The van der Waals surface area contributed by atoms with Gasteiger partial charge in [0.2, 0.25) is 12.0 Å². The van der Waals surface area contributed by atoms with Crippen molar-refractivity contribution < 1.29 is 56.9 Å². The predicted octanol–water partition coefficient (Wildman–Crippen LogP) is 9.91. The molecular formula is C58H69Cl2FN6O11S. The van der Waals surface area contributed by atoms with Crippen LogP contribution in [0.4, 0.5) is 4.39 Å². The molecule has 17 nitrogen and oxygen atoms in total. The molecule has 6 heterocycles. The van der Waals surface area contributed by atoms with E-state index in [1.54, 1.807) is 43.6 Å². The lowest BCUT2D eigenvalue weighted by Crippen LogP contribution is -2.49. The van der Waals surface area contributed by atoms with Crippen LogP contribution in [0, 0.1) is 25.6 Å². The Morgan fingerprint density at radius 2 is 1.53 bits per heavy atom. The molecule has 0 spiro atoms. The van der Waals surface area contributed by atoms with Crippen LogP contribution in [0.2, 0.25) is 10.0 Å². The highest BCUT2D eigenvalue weighted by Crippen LogP contribution is 2.53. The van der Waals surface area contributed by atoms with Crippen LogP contribution in [0.15, 0.2) is 61.1 Å². The van der Waals surface area contributed by atoms with Crippen molar-refractivity contribution in [2.45, 2.75) is 70.7 Å². The van der Waals surface area contributed by atoms with Gasteiger partial charge in [0, 0.05) is 74.4 Å². The number of nitrogens with zero attached hydrogens (tertiary/aromatic N) is 6. The van der Waals surface area contributed by atoms with Gasteiger partial charge in [0.25, 0.3) is 0 Å². The van der Waals surface area contributed by atoms with Crippen LogP contribution in [0.1, 0.15) is 59.8 Å². The molecule has 2 unspecified atom stereocenters. The number of halogens is 3. The molecular weight excluding hydrogens is 1080 g/mol. The largest absolute Gasteiger partial charge is 0.490 e. The van der Waals surface area contributed by atoms with Gasteiger partial charge in [-0.2, -0.15) is 0 Å². The first-order valence-electron chi connectivity index (χ1n) is 26.9. The number of rotatable bonds is 22. The molecule has 3 aromatic carbocycles. The molecule has 6 aromatic rings. The number of aliphatic carboxylic acids is 1. The molecule has 1 saturated carbocycles. The van der Waals surface area contributed by atoms with E-state index in [0.29, 0.717) is 147 Å². The number of benzene rings is 3. The summed E-state index contributed by atoms with van der Waals surface area (Å²) >= 11 is 16.1. The molecule has 2 fully saturated rings. The number of fused-ring (bicyclic) bond motifs is 7. The summed E-state index contributed by atoms with van der Waals surface area (Å²) in [5.74, 6) is 0.667. The molecule has 10 rings (SSSR count). The minimum Gasteiger partial charge on any atom is -0.490 e. The molecule has 4 atom stereocenters. The Bertz CT molecular complexity index is 2960. The van der Waals surface area contributed by atoms with E-state index in [0.717, 1.165) is 57.7 Å². The summed E-state index contributed by atoms with van der Waals surface area (Å²) in [4.78, 5) is 38.4. The van der Waals surface area contributed by atoms with Gasteiger partial charge in [-0.1, -0.05) is 48.2 Å². The SMILES string of the molecule is COCCOCCOCCOCCOCC1CCCCC1c1nccc(COc2ccc3cc2C[C@H](C(=O)O)Oc2ncnc4sc(-c5ccc(F)cc5)c(c24)-c2c(C)c(Cl)c(c(Cl)c2C)O[C@H](CN2CCN(C)CC2)CO3)n1. The Hall–Kier alpha value is -5.32.